The van der Waals surface area contributed by atoms with Crippen LogP contribution < -0.4 is 10.6 Å². The molecule has 2 rings (SSSR count). The first-order valence-corrected chi connectivity index (χ1v) is 5.80. The van der Waals surface area contributed by atoms with Crippen molar-refractivity contribution in [2.45, 2.75) is 38.3 Å². The molecule has 1 heterocycles. The molecule has 1 aliphatic carbocycles. The van der Waals surface area contributed by atoms with Crippen LogP contribution in [0.15, 0.2) is 12.2 Å². The highest BCUT2D eigenvalue weighted by Crippen LogP contribution is 2.33. The Balaban J connectivity index is 1.97. The lowest BCUT2D eigenvalue weighted by Gasteiger charge is -2.31. The molecule has 2 aliphatic rings. The Kier molecular flexibility index (Phi) is 2.70. The first kappa shape index (κ1) is 11.5. The molecule has 4 nitrogen and oxygen atoms in total. The van der Waals surface area contributed by atoms with Gasteiger partial charge in [0.25, 0.3) is 0 Å². The normalized spacial score (nSPS) is 32.6. The van der Waals surface area contributed by atoms with Gasteiger partial charge in [-0.2, -0.15) is 0 Å². The fourth-order valence-corrected chi connectivity index (χ4v) is 2.39. The summed E-state index contributed by atoms with van der Waals surface area (Å²) < 4.78 is 5.30. The van der Waals surface area contributed by atoms with E-state index >= 15 is 0 Å². The molecule has 1 fully saturated rings. The first-order chi connectivity index (χ1) is 7.41. The lowest BCUT2D eigenvalue weighted by atomic mass is 9.90. The maximum Gasteiger partial charge on any atom is 0.408 e. The predicted octanol–water partition coefficient (Wildman–Crippen LogP) is 1.43. The zero-order valence-corrected chi connectivity index (χ0v) is 10.2. The van der Waals surface area contributed by atoms with Gasteiger partial charge in [-0.25, -0.2) is 4.79 Å². The molecule has 1 aliphatic heterocycles. The van der Waals surface area contributed by atoms with Gasteiger partial charge in [-0.15, -0.1) is 0 Å². The zero-order valence-electron chi connectivity index (χ0n) is 10.2. The zero-order chi connectivity index (χ0) is 11.8. The summed E-state index contributed by atoms with van der Waals surface area (Å²) in [7, 11) is 0. The standard InChI is InChI=1S/C12H20N2O2/c1-11(2,3)16-10(15)14-12-6-4-5-9(12)7-13-8-12/h4-5,9,13H,6-8H2,1-3H3,(H,14,15)/t9-,12-/m0/s1. The van der Waals surface area contributed by atoms with Crippen LogP contribution in [0.4, 0.5) is 4.79 Å². The van der Waals surface area contributed by atoms with E-state index < -0.39 is 5.60 Å². The number of ether oxygens (including phenoxy) is 1. The molecule has 0 aromatic heterocycles. The average molecular weight is 224 g/mol. The van der Waals surface area contributed by atoms with Crippen molar-refractivity contribution in [3.8, 4) is 0 Å². The number of alkyl carbamates (subject to hydrolysis) is 1. The lowest BCUT2D eigenvalue weighted by molar-refractivity contribution is 0.0454. The van der Waals surface area contributed by atoms with Crippen molar-refractivity contribution in [1.82, 2.24) is 10.6 Å². The molecule has 2 N–H and O–H groups in total. The van der Waals surface area contributed by atoms with Crippen LogP contribution in [0, 0.1) is 5.92 Å². The number of fused-ring (bicyclic) bond motifs is 1. The monoisotopic (exact) mass is 224 g/mol. The summed E-state index contributed by atoms with van der Waals surface area (Å²) in [4.78, 5) is 11.8. The summed E-state index contributed by atoms with van der Waals surface area (Å²) >= 11 is 0. The molecule has 1 saturated heterocycles. The van der Waals surface area contributed by atoms with Crippen molar-refractivity contribution < 1.29 is 9.53 Å². The molecule has 90 valence electrons. The van der Waals surface area contributed by atoms with E-state index in [4.69, 9.17) is 4.74 Å². The smallest absolute Gasteiger partial charge is 0.408 e. The molecule has 0 aromatic carbocycles. The molecule has 0 unspecified atom stereocenters. The minimum Gasteiger partial charge on any atom is -0.444 e. The van der Waals surface area contributed by atoms with E-state index in [0.29, 0.717) is 5.92 Å². The Morgan fingerprint density at radius 3 is 3.00 bits per heavy atom. The van der Waals surface area contributed by atoms with Crippen LogP contribution in [0.2, 0.25) is 0 Å². The average Bonchev–Trinajstić information content (AvgIpc) is 2.57. The number of carbonyl (C=O) groups is 1. The summed E-state index contributed by atoms with van der Waals surface area (Å²) in [6, 6.07) is 0. The maximum absolute atomic E-state index is 11.8. The summed E-state index contributed by atoms with van der Waals surface area (Å²) in [6.07, 6.45) is 4.90. The second-order valence-corrected chi connectivity index (χ2v) is 5.65. The number of nitrogens with one attached hydrogen (secondary N) is 2. The molecule has 2 atom stereocenters. The fourth-order valence-electron chi connectivity index (χ4n) is 2.39. The maximum atomic E-state index is 11.8. The molecule has 1 amide bonds. The first-order valence-electron chi connectivity index (χ1n) is 5.80. The van der Waals surface area contributed by atoms with Gasteiger partial charge in [0.15, 0.2) is 0 Å². The lowest BCUT2D eigenvalue weighted by Crippen LogP contribution is -2.53. The van der Waals surface area contributed by atoms with Crippen LogP contribution in [-0.4, -0.2) is 30.3 Å². The van der Waals surface area contributed by atoms with Crippen molar-refractivity contribution in [3.05, 3.63) is 12.2 Å². The van der Waals surface area contributed by atoms with Crippen molar-refractivity contribution in [2.75, 3.05) is 13.1 Å². The van der Waals surface area contributed by atoms with Crippen molar-refractivity contribution in [3.63, 3.8) is 0 Å². The Morgan fingerprint density at radius 1 is 1.56 bits per heavy atom. The molecular formula is C12H20N2O2. The van der Waals surface area contributed by atoms with Crippen LogP contribution in [-0.2, 0) is 4.74 Å². The molecule has 4 heteroatoms. The van der Waals surface area contributed by atoms with Gasteiger partial charge in [-0.1, -0.05) is 12.2 Å². The van der Waals surface area contributed by atoms with Crippen LogP contribution in [0.25, 0.3) is 0 Å². The summed E-state index contributed by atoms with van der Waals surface area (Å²) in [6.45, 7) is 7.39. The Morgan fingerprint density at radius 2 is 2.31 bits per heavy atom. The summed E-state index contributed by atoms with van der Waals surface area (Å²) in [5, 5.41) is 6.34. The molecule has 16 heavy (non-hydrogen) atoms. The van der Waals surface area contributed by atoms with Crippen molar-refractivity contribution in [1.29, 1.82) is 0 Å². The number of amides is 1. The number of hydrogen-bond acceptors (Lipinski definition) is 3. The topological polar surface area (TPSA) is 50.4 Å². The molecular weight excluding hydrogens is 204 g/mol. The quantitative estimate of drug-likeness (QED) is 0.662. The van der Waals surface area contributed by atoms with Gasteiger partial charge in [0.05, 0.1) is 5.54 Å². The second-order valence-electron chi connectivity index (χ2n) is 5.65. The molecule has 0 radical (unpaired) electrons. The number of rotatable bonds is 1. The Bertz CT molecular complexity index is 319. The Labute approximate surface area is 96.4 Å². The van der Waals surface area contributed by atoms with E-state index in [1.54, 1.807) is 0 Å². The van der Waals surface area contributed by atoms with Gasteiger partial charge < -0.3 is 15.4 Å². The van der Waals surface area contributed by atoms with Crippen LogP contribution in [0.1, 0.15) is 27.2 Å². The second kappa shape index (κ2) is 3.77. The third kappa shape index (κ3) is 2.21. The number of carbonyl (C=O) groups excluding carboxylic acids is 1. The van der Waals surface area contributed by atoms with Gasteiger partial charge in [0.1, 0.15) is 5.60 Å². The highest BCUT2D eigenvalue weighted by Gasteiger charge is 2.45. The molecule has 0 spiro atoms. The van der Waals surface area contributed by atoms with E-state index in [1.165, 1.54) is 0 Å². The number of hydrogen-bond donors (Lipinski definition) is 2. The summed E-state index contributed by atoms with van der Waals surface area (Å²) in [5.74, 6) is 0.403. The van der Waals surface area contributed by atoms with Crippen molar-refractivity contribution >= 4 is 6.09 Å². The Hall–Kier alpha value is -1.03. The van der Waals surface area contributed by atoms with Gasteiger partial charge in [0, 0.05) is 19.0 Å². The van der Waals surface area contributed by atoms with Gasteiger partial charge in [-0.05, 0) is 27.2 Å². The van der Waals surface area contributed by atoms with E-state index in [2.05, 4.69) is 22.8 Å². The van der Waals surface area contributed by atoms with Gasteiger partial charge in [0.2, 0.25) is 0 Å². The van der Waals surface area contributed by atoms with Gasteiger partial charge in [-0.3, -0.25) is 0 Å². The van der Waals surface area contributed by atoms with E-state index in [9.17, 15) is 4.79 Å². The minimum atomic E-state index is -0.436. The van der Waals surface area contributed by atoms with E-state index in [-0.39, 0.29) is 11.6 Å². The SMILES string of the molecule is CC(C)(C)OC(=O)N[C@]12CC=C[C@H]1CNC2. The minimum absolute atomic E-state index is 0.150. The van der Waals surface area contributed by atoms with Crippen molar-refractivity contribution in [2.24, 2.45) is 5.92 Å². The van der Waals surface area contributed by atoms with Crippen LogP contribution in [0.5, 0.6) is 0 Å². The highest BCUT2D eigenvalue weighted by atomic mass is 16.6. The highest BCUT2D eigenvalue weighted by molar-refractivity contribution is 5.69. The third-order valence-electron chi connectivity index (χ3n) is 3.11. The van der Waals surface area contributed by atoms with Crippen LogP contribution >= 0.6 is 0 Å². The third-order valence-corrected chi connectivity index (χ3v) is 3.11. The largest absolute Gasteiger partial charge is 0.444 e. The molecule has 0 bridgehead atoms. The molecule has 0 aromatic rings. The fraction of sp³-hybridized carbons (Fsp3) is 0.750. The predicted molar refractivity (Wildman–Crippen MR) is 62.2 cm³/mol. The van der Waals surface area contributed by atoms with Crippen LogP contribution in [0.3, 0.4) is 0 Å². The van der Waals surface area contributed by atoms with E-state index in [1.807, 2.05) is 20.8 Å². The molecule has 0 saturated carbocycles. The van der Waals surface area contributed by atoms with E-state index in [0.717, 1.165) is 19.5 Å². The summed E-state index contributed by atoms with van der Waals surface area (Å²) in [5.41, 5.74) is -0.587. The van der Waals surface area contributed by atoms with Gasteiger partial charge >= 0.3 is 6.09 Å².